The smallest absolute Gasteiger partial charge is 0.268 e. The Kier molecular flexibility index (Phi) is 4.31. The molecule has 23 heavy (non-hydrogen) atoms. The molecule has 3 aromatic rings. The summed E-state index contributed by atoms with van der Waals surface area (Å²) < 4.78 is 6.99. The van der Waals surface area contributed by atoms with Crippen molar-refractivity contribution in [2.45, 2.75) is 13.0 Å². The van der Waals surface area contributed by atoms with Crippen LogP contribution in [-0.4, -0.2) is 27.2 Å². The summed E-state index contributed by atoms with van der Waals surface area (Å²) >= 11 is 1.57. The SMILES string of the molecule is Cc1nc(-c2cc(C(=O)NC(CO)c3ccco3)n(C)c2)cs1. The number of aryl methyl sites for hydroxylation is 2. The van der Waals surface area contributed by atoms with Gasteiger partial charge in [-0.25, -0.2) is 4.98 Å². The molecule has 0 aliphatic heterocycles. The second kappa shape index (κ2) is 6.39. The molecule has 1 amide bonds. The van der Waals surface area contributed by atoms with Gasteiger partial charge in [0.15, 0.2) is 0 Å². The van der Waals surface area contributed by atoms with E-state index in [4.69, 9.17) is 4.42 Å². The summed E-state index contributed by atoms with van der Waals surface area (Å²) in [6.45, 7) is 1.71. The van der Waals surface area contributed by atoms with Crippen LogP contribution in [0.4, 0.5) is 0 Å². The van der Waals surface area contributed by atoms with E-state index in [1.807, 2.05) is 18.5 Å². The second-order valence-electron chi connectivity index (χ2n) is 5.20. The minimum Gasteiger partial charge on any atom is -0.467 e. The van der Waals surface area contributed by atoms with Gasteiger partial charge in [-0.15, -0.1) is 11.3 Å². The lowest BCUT2D eigenvalue weighted by Crippen LogP contribution is -2.31. The predicted octanol–water partition coefficient (Wildman–Crippen LogP) is 2.51. The van der Waals surface area contributed by atoms with Crippen LogP contribution in [0.15, 0.2) is 40.5 Å². The van der Waals surface area contributed by atoms with Crippen LogP contribution in [0, 0.1) is 6.92 Å². The maximum Gasteiger partial charge on any atom is 0.268 e. The zero-order valence-corrected chi connectivity index (χ0v) is 13.6. The summed E-state index contributed by atoms with van der Waals surface area (Å²) in [5.41, 5.74) is 2.24. The minimum atomic E-state index is -0.572. The summed E-state index contributed by atoms with van der Waals surface area (Å²) in [5, 5.41) is 15.2. The second-order valence-corrected chi connectivity index (χ2v) is 6.26. The number of nitrogens with one attached hydrogen (secondary N) is 1. The molecule has 0 radical (unpaired) electrons. The van der Waals surface area contributed by atoms with Crippen LogP contribution in [0.2, 0.25) is 0 Å². The molecule has 0 spiro atoms. The number of thiazole rings is 1. The fourth-order valence-electron chi connectivity index (χ4n) is 2.35. The molecule has 0 fully saturated rings. The molecular formula is C16H17N3O3S. The summed E-state index contributed by atoms with van der Waals surface area (Å²) in [6.07, 6.45) is 3.37. The number of furan rings is 1. The fourth-order valence-corrected chi connectivity index (χ4v) is 2.98. The molecule has 2 N–H and O–H groups in total. The van der Waals surface area contributed by atoms with E-state index < -0.39 is 6.04 Å². The van der Waals surface area contributed by atoms with Gasteiger partial charge >= 0.3 is 0 Å². The van der Waals surface area contributed by atoms with Crippen molar-refractivity contribution in [3.05, 3.63) is 52.5 Å². The largest absolute Gasteiger partial charge is 0.467 e. The van der Waals surface area contributed by atoms with Crippen molar-refractivity contribution < 1.29 is 14.3 Å². The number of amides is 1. The first-order valence-corrected chi connectivity index (χ1v) is 8.00. The summed E-state index contributed by atoms with van der Waals surface area (Å²) in [6, 6.07) is 4.66. The van der Waals surface area contributed by atoms with Crippen molar-refractivity contribution in [1.29, 1.82) is 0 Å². The lowest BCUT2D eigenvalue weighted by molar-refractivity contribution is 0.0899. The molecule has 0 aromatic carbocycles. The van der Waals surface area contributed by atoms with Gasteiger partial charge in [0.2, 0.25) is 0 Å². The third kappa shape index (κ3) is 3.20. The van der Waals surface area contributed by atoms with Crippen LogP contribution in [0.3, 0.4) is 0 Å². The highest BCUT2D eigenvalue weighted by molar-refractivity contribution is 7.09. The van der Waals surface area contributed by atoms with Gasteiger partial charge in [0.1, 0.15) is 17.5 Å². The number of hydrogen-bond acceptors (Lipinski definition) is 5. The normalized spacial score (nSPS) is 12.3. The zero-order valence-electron chi connectivity index (χ0n) is 12.8. The van der Waals surface area contributed by atoms with Crippen molar-refractivity contribution in [1.82, 2.24) is 14.9 Å². The minimum absolute atomic E-state index is 0.234. The standard InChI is InChI=1S/C16H17N3O3S/c1-10-17-13(9-23-10)11-6-14(19(2)7-11)16(21)18-12(8-20)15-4-3-5-22-15/h3-7,9,12,20H,8H2,1-2H3,(H,18,21). The molecule has 1 unspecified atom stereocenters. The number of carbonyl (C=O) groups is 1. The Morgan fingerprint density at radius 3 is 3.00 bits per heavy atom. The number of carbonyl (C=O) groups excluding carboxylic acids is 1. The van der Waals surface area contributed by atoms with Gasteiger partial charge in [0.05, 0.1) is 23.6 Å². The first-order chi connectivity index (χ1) is 11.1. The van der Waals surface area contributed by atoms with Crippen molar-refractivity contribution in [2.75, 3.05) is 6.61 Å². The number of aliphatic hydroxyl groups excluding tert-OH is 1. The monoisotopic (exact) mass is 331 g/mol. The van der Waals surface area contributed by atoms with Crippen molar-refractivity contribution in [3.8, 4) is 11.3 Å². The van der Waals surface area contributed by atoms with E-state index in [9.17, 15) is 9.90 Å². The maximum atomic E-state index is 12.5. The molecule has 0 saturated carbocycles. The summed E-state index contributed by atoms with van der Waals surface area (Å²) in [5.74, 6) is 0.242. The highest BCUT2D eigenvalue weighted by Crippen LogP contribution is 2.24. The molecule has 0 aliphatic carbocycles. The molecule has 7 heteroatoms. The zero-order chi connectivity index (χ0) is 16.4. The maximum absolute atomic E-state index is 12.5. The molecule has 0 bridgehead atoms. The van der Waals surface area contributed by atoms with Crippen LogP contribution in [0.1, 0.15) is 27.3 Å². The molecule has 6 nitrogen and oxygen atoms in total. The number of aliphatic hydroxyl groups is 1. The van der Waals surface area contributed by atoms with Crippen LogP contribution < -0.4 is 5.32 Å². The van der Waals surface area contributed by atoms with Gasteiger partial charge in [0, 0.05) is 24.2 Å². The number of aromatic nitrogens is 2. The Morgan fingerprint density at radius 1 is 1.57 bits per heavy atom. The average molecular weight is 331 g/mol. The molecule has 120 valence electrons. The fraction of sp³-hybridized carbons (Fsp3) is 0.250. The highest BCUT2D eigenvalue weighted by Gasteiger charge is 2.20. The number of hydrogen-bond donors (Lipinski definition) is 2. The van der Waals surface area contributed by atoms with Gasteiger partial charge in [-0.05, 0) is 25.1 Å². The number of rotatable bonds is 5. The van der Waals surface area contributed by atoms with Crippen LogP contribution in [-0.2, 0) is 7.05 Å². The Bertz CT molecular complexity index is 805. The van der Waals surface area contributed by atoms with Gasteiger partial charge < -0.3 is 19.4 Å². The van der Waals surface area contributed by atoms with Gasteiger partial charge in [-0.3, -0.25) is 4.79 Å². The Labute approximate surface area is 137 Å². The van der Waals surface area contributed by atoms with Crippen LogP contribution >= 0.6 is 11.3 Å². The van der Waals surface area contributed by atoms with Crippen molar-refractivity contribution in [3.63, 3.8) is 0 Å². The van der Waals surface area contributed by atoms with Crippen molar-refractivity contribution in [2.24, 2.45) is 7.05 Å². The molecule has 1 atom stereocenters. The molecular weight excluding hydrogens is 314 g/mol. The topological polar surface area (TPSA) is 80.3 Å². The molecule has 0 saturated heterocycles. The van der Waals surface area contributed by atoms with E-state index >= 15 is 0 Å². The van der Waals surface area contributed by atoms with E-state index in [1.165, 1.54) is 6.26 Å². The number of nitrogens with zero attached hydrogens (tertiary/aromatic N) is 2. The molecule has 3 aromatic heterocycles. The van der Waals surface area contributed by atoms with E-state index in [-0.39, 0.29) is 12.5 Å². The quantitative estimate of drug-likeness (QED) is 0.753. The van der Waals surface area contributed by atoms with Gasteiger partial charge in [-0.2, -0.15) is 0 Å². The first kappa shape index (κ1) is 15.5. The Hall–Kier alpha value is -2.38. The molecule has 3 heterocycles. The molecule has 0 aliphatic rings. The van der Waals surface area contributed by atoms with E-state index in [0.29, 0.717) is 11.5 Å². The van der Waals surface area contributed by atoms with E-state index in [1.54, 1.807) is 41.2 Å². The predicted molar refractivity (Wildman–Crippen MR) is 87.3 cm³/mol. The Morgan fingerprint density at radius 2 is 2.39 bits per heavy atom. The third-order valence-electron chi connectivity index (χ3n) is 3.53. The van der Waals surface area contributed by atoms with Crippen LogP contribution in [0.5, 0.6) is 0 Å². The molecule has 3 rings (SSSR count). The first-order valence-electron chi connectivity index (χ1n) is 7.12. The Balaban J connectivity index is 1.81. The van der Waals surface area contributed by atoms with E-state index in [0.717, 1.165) is 16.3 Å². The van der Waals surface area contributed by atoms with Crippen LogP contribution in [0.25, 0.3) is 11.3 Å². The summed E-state index contributed by atoms with van der Waals surface area (Å²) in [7, 11) is 1.80. The summed E-state index contributed by atoms with van der Waals surface area (Å²) in [4.78, 5) is 16.9. The average Bonchev–Trinajstić information content (AvgIpc) is 3.25. The van der Waals surface area contributed by atoms with Gasteiger partial charge in [-0.1, -0.05) is 0 Å². The lowest BCUT2D eigenvalue weighted by Gasteiger charge is -2.14. The lowest BCUT2D eigenvalue weighted by atomic mass is 10.2. The van der Waals surface area contributed by atoms with E-state index in [2.05, 4.69) is 10.3 Å². The third-order valence-corrected chi connectivity index (χ3v) is 4.30. The van der Waals surface area contributed by atoms with Crippen molar-refractivity contribution >= 4 is 17.2 Å². The highest BCUT2D eigenvalue weighted by atomic mass is 32.1. The van der Waals surface area contributed by atoms with Gasteiger partial charge in [0.25, 0.3) is 5.91 Å².